The molecular formula is C21H22N6O2. The summed E-state index contributed by atoms with van der Waals surface area (Å²) in [4.78, 5) is 22.6. The van der Waals surface area contributed by atoms with Gasteiger partial charge in [0.15, 0.2) is 11.6 Å². The minimum absolute atomic E-state index is 0.108. The zero-order valence-electron chi connectivity index (χ0n) is 16.1. The molecule has 0 bridgehead atoms. The number of carbonyl (C=O) groups is 1. The highest BCUT2D eigenvalue weighted by Gasteiger charge is 2.19. The molecule has 2 aromatic heterocycles. The second kappa shape index (κ2) is 7.21. The first-order valence-electron chi connectivity index (χ1n) is 9.75. The Hall–Kier alpha value is -3.39. The molecule has 0 saturated carbocycles. The fourth-order valence-corrected chi connectivity index (χ4v) is 3.72. The number of anilines is 1. The molecule has 4 aromatic rings. The number of ether oxygens (including phenoxy) is 1. The highest BCUT2D eigenvalue weighted by Crippen LogP contribution is 2.28. The number of aromatic nitrogens is 4. The molecule has 0 unspecified atom stereocenters. The Kier molecular flexibility index (Phi) is 4.40. The summed E-state index contributed by atoms with van der Waals surface area (Å²) in [7, 11) is 0. The predicted octanol–water partition coefficient (Wildman–Crippen LogP) is 2.77. The molecule has 0 spiro atoms. The van der Waals surface area contributed by atoms with E-state index in [2.05, 4.69) is 30.4 Å². The van der Waals surface area contributed by atoms with Crippen LogP contribution in [0, 0.1) is 0 Å². The molecule has 1 atom stereocenters. The van der Waals surface area contributed by atoms with Crippen LogP contribution in [0.1, 0.15) is 29.1 Å². The Labute approximate surface area is 167 Å². The number of nitrogens with zero attached hydrogens (tertiary/aromatic N) is 3. The monoisotopic (exact) mass is 390 g/mol. The topological polar surface area (TPSA) is 98.9 Å². The fraction of sp³-hybridized carbons (Fsp3) is 0.286. The van der Waals surface area contributed by atoms with E-state index in [0.29, 0.717) is 19.0 Å². The number of hydrogen-bond donors (Lipinski definition) is 3. The van der Waals surface area contributed by atoms with E-state index in [4.69, 9.17) is 4.74 Å². The largest absolute Gasteiger partial charge is 0.378 e. The van der Waals surface area contributed by atoms with Crippen LogP contribution in [0.3, 0.4) is 0 Å². The highest BCUT2D eigenvalue weighted by molar-refractivity contribution is 6.01. The SMILES string of the molecule is C[C@@H](NC(=O)c1nc2cc3c(N4CCOCC4)n[nH]c3cc2[nH]1)c1ccccc1. The molecule has 1 aliphatic rings. The van der Waals surface area contributed by atoms with Crippen molar-refractivity contribution in [1.82, 2.24) is 25.5 Å². The third-order valence-corrected chi connectivity index (χ3v) is 5.32. The summed E-state index contributed by atoms with van der Waals surface area (Å²) in [5.74, 6) is 0.973. The second-order valence-electron chi connectivity index (χ2n) is 7.25. The molecule has 0 aliphatic carbocycles. The number of imidazole rings is 1. The summed E-state index contributed by atoms with van der Waals surface area (Å²) in [6.07, 6.45) is 0. The van der Waals surface area contributed by atoms with Gasteiger partial charge in [-0.3, -0.25) is 9.89 Å². The number of amides is 1. The van der Waals surface area contributed by atoms with Crippen molar-refractivity contribution in [3.8, 4) is 0 Å². The van der Waals surface area contributed by atoms with Crippen LogP contribution in [0.25, 0.3) is 21.9 Å². The average Bonchev–Trinajstić information content (AvgIpc) is 3.36. The number of carbonyl (C=O) groups excluding carboxylic acids is 1. The van der Waals surface area contributed by atoms with Crippen molar-refractivity contribution < 1.29 is 9.53 Å². The summed E-state index contributed by atoms with van der Waals surface area (Å²) < 4.78 is 5.43. The van der Waals surface area contributed by atoms with Gasteiger partial charge < -0.3 is 19.9 Å². The van der Waals surface area contributed by atoms with Crippen molar-refractivity contribution in [2.45, 2.75) is 13.0 Å². The quantitative estimate of drug-likeness (QED) is 0.498. The molecule has 3 heterocycles. The summed E-state index contributed by atoms with van der Waals surface area (Å²) >= 11 is 0. The first-order valence-corrected chi connectivity index (χ1v) is 9.75. The third-order valence-electron chi connectivity index (χ3n) is 5.32. The van der Waals surface area contributed by atoms with E-state index in [0.717, 1.165) is 46.4 Å². The molecular weight excluding hydrogens is 368 g/mol. The lowest BCUT2D eigenvalue weighted by atomic mass is 10.1. The maximum atomic E-state index is 12.7. The van der Waals surface area contributed by atoms with Crippen LogP contribution in [0.5, 0.6) is 0 Å². The summed E-state index contributed by atoms with van der Waals surface area (Å²) in [5.41, 5.74) is 3.50. The van der Waals surface area contributed by atoms with Gasteiger partial charge in [-0.2, -0.15) is 5.10 Å². The van der Waals surface area contributed by atoms with E-state index < -0.39 is 0 Å². The van der Waals surface area contributed by atoms with E-state index in [9.17, 15) is 4.79 Å². The molecule has 1 saturated heterocycles. The van der Waals surface area contributed by atoms with E-state index in [1.807, 2.05) is 49.4 Å². The minimum atomic E-state index is -0.229. The fourth-order valence-electron chi connectivity index (χ4n) is 3.72. The molecule has 2 aromatic carbocycles. The Morgan fingerprint density at radius 3 is 2.76 bits per heavy atom. The first-order chi connectivity index (χ1) is 14.2. The number of rotatable bonds is 4. The van der Waals surface area contributed by atoms with Crippen molar-refractivity contribution in [2.75, 3.05) is 31.2 Å². The van der Waals surface area contributed by atoms with Gasteiger partial charge in [0.25, 0.3) is 5.91 Å². The average molecular weight is 390 g/mol. The normalized spacial score (nSPS) is 15.7. The van der Waals surface area contributed by atoms with Crippen LogP contribution in [0.15, 0.2) is 42.5 Å². The Balaban J connectivity index is 1.43. The molecule has 8 nitrogen and oxygen atoms in total. The van der Waals surface area contributed by atoms with Gasteiger partial charge in [-0.1, -0.05) is 30.3 Å². The van der Waals surface area contributed by atoms with E-state index in [-0.39, 0.29) is 11.9 Å². The number of morpholine rings is 1. The summed E-state index contributed by atoms with van der Waals surface area (Å²) in [5, 5.41) is 11.6. The Bertz CT molecular complexity index is 1160. The summed E-state index contributed by atoms with van der Waals surface area (Å²) in [6.45, 7) is 4.97. The number of H-pyrrole nitrogens is 2. The first kappa shape index (κ1) is 17.7. The van der Waals surface area contributed by atoms with Crippen molar-refractivity contribution >= 4 is 33.7 Å². The van der Waals surface area contributed by atoms with Crippen LogP contribution < -0.4 is 10.2 Å². The molecule has 0 radical (unpaired) electrons. The number of benzene rings is 2. The molecule has 1 fully saturated rings. The van der Waals surface area contributed by atoms with E-state index in [1.165, 1.54) is 0 Å². The van der Waals surface area contributed by atoms with Gasteiger partial charge >= 0.3 is 0 Å². The van der Waals surface area contributed by atoms with Crippen molar-refractivity contribution in [3.63, 3.8) is 0 Å². The van der Waals surface area contributed by atoms with Gasteiger partial charge in [0.2, 0.25) is 0 Å². The van der Waals surface area contributed by atoms with Crippen LogP contribution in [-0.2, 0) is 4.74 Å². The minimum Gasteiger partial charge on any atom is -0.378 e. The maximum Gasteiger partial charge on any atom is 0.287 e. The van der Waals surface area contributed by atoms with Gasteiger partial charge in [-0.05, 0) is 24.6 Å². The molecule has 5 rings (SSSR count). The lowest BCUT2D eigenvalue weighted by Crippen LogP contribution is -2.36. The van der Waals surface area contributed by atoms with E-state index in [1.54, 1.807) is 0 Å². The van der Waals surface area contributed by atoms with Crippen LogP contribution in [0.4, 0.5) is 5.82 Å². The van der Waals surface area contributed by atoms with Crippen molar-refractivity contribution in [1.29, 1.82) is 0 Å². The van der Waals surface area contributed by atoms with Crippen LogP contribution >= 0.6 is 0 Å². The Morgan fingerprint density at radius 1 is 1.17 bits per heavy atom. The number of hydrogen-bond acceptors (Lipinski definition) is 5. The van der Waals surface area contributed by atoms with E-state index >= 15 is 0 Å². The Morgan fingerprint density at radius 2 is 1.97 bits per heavy atom. The smallest absolute Gasteiger partial charge is 0.287 e. The van der Waals surface area contributed by atoms with Gasteiger partial charge in [-0.15, -0.1) is 0 Å². The lowest BCUT2D eigenvalue weighted by Gasteiger charge is -2.26. The zero-order valence-corrected chi connectivity index (χ0v) is 16.1. The van der Waals surface area contributed by atoms with Gasteiger partial charge in [0, 0.05) is 18.5 Å². The predicted molar refractivity (Wildman–Crippen MR) is 111 cm³/mol. The highest BCUT2D eigenvalue weighted by atomic mass is 16.5. The number of fused-ring (bicyclic) bond motifs is 2. The summed E-state index contributed by atoms with van der Waals surface area (Å²) in [6, 6.07) is 13.7. The third kappa shape index (κ3) is 3.31. The van der Waals surface area contributed by atoms with Gasteiger partial charge in [-0.25, -0.2) is 4.98 Å². The van der Waals surface area contributed by atoms with Gasteiger partial charge in [0.05, 0.1) is 35.8 Å². The number of aromatic amines is 2. The maximum absolute atomic E-state index is 12.7. The molecule has 148 valence electrons. The van der Waals surface area contributed by atoms with Crippen molar-refractivity contribution in [3.05, 3.63) is 53.9 Å². The van der Waals surface area contributed by atoms with Crippen LogP contribution in [-0.4, -0.2) is 52.4 Å². The molecule has 1 aliphatic heterocycles. The second-order valence-corrected chi connectivity index (χ2v) is 7.25. The molecule has 3 N–H and O–H groups in total. The number of nitrogens with one attached hydrogen (secondary N) is 3. The van der Waals surface area contributed by atoms with Gasteiger partial charge in [0.1, 0.15) is 0 Å². The standard InChI is InChI=1S/C21H22N6O2/c1-13(14-5-3-2-4-6-14)22-21(28)19-23-17-11-15-16(12-18(17)24-19)25-26-20(15)27-7-9-29-10-8-27/h2-6,11-13H,7-10H2,1H3,(H,22,28)(H,23,24)(H,25,26)/t13-/m1/s1. The molecule has 29 heavy (non-hydrogen) atoms. The lowest BCUT2D eigenvalue weighted by molar-refractivity contribution is 0.0930. The zero-order chi connectivity index (χ0) is 19.8. The molecule has 8 heteroatoms. The van der Waals surface area contributed by atoms with Crippen molar-refractivity contribution in [2.24, 2.45) is 0 Å². The van der Waals surface area contributed by atoms with Crippen LogP contribution in [0.2, 0.25) is 0 Å². The molecule has 1 amide bonds.